The number of aromatic nitrogens is 1. The minimum absolute atomic E-state index is 0.274. The molecule has 90 valence electrons. The zero-order chi connectivity index (χ0) is 12.8. The third-order valence-electron chi connectivity index (χ3n) is 2.30. The van der Waals surface area contributed by atoms with Gasteiger partial charge in [0.05, 0.1) is 19.0 Å². The lowest BCUT2D eigenvalue weighted by Crippen LogP contribution is -2.02. The normalized spacial score (nSPS) is 10.5. The van der Waals surface area contributed by atoms with Gasteiger partial charge in [0.1, 0.15) is 5.69 Å². The van der Waals surface area contributed by atoms with Crippen LogP contribution in [0, 0.1) is 0 Å². The van der Waals surface area contributed by atoms with Crippen LogP contribution in [-0.2, 0) is 4.74 Å². The van der Waals surface area contributed by atoms with Gasteiger partial charge in [0.25, 0.3) is 0 Å². The molecule has 0 atom stereocenters. The van der Waals surface area contributed by atoms with Crippen molar-refractivity contribution in [3.63, 3.8) is 0 Å². The molecule has 0 bridgehead atoms. The van der Waals surface area contributed by atoms with Crippen LogP contribution in [0.3, 0.4) is 0 Å². The first-order chi connectivity index (χ1) is 8.79. The van der Waals surface area contributed by atoms with Crippen LogP contribution in [0.25, 0.3) is 0 Å². The van der Waals surface area contributed by atoms with E-state index in [0.717, 1.165) is 5.56 Å². The number of aliphatic imine (C=N–C) groups is 1. The van der Waals surface area contributed by atoms with Gasteiger partial charge in [-0.1, -0.05) is 30.3 Å². The van der Waals surface area contributed by atoms with Crippen molar-refractivity contribution in [3.05, 3.63) is 59.9 Å². The van der Waals surface area contributed by atoms with Gasteiger partial charge in [-0.3, -0.25) is 4.99 Å². The molecule has 18 heavy (non-hydrogen) atoms. The molecule has 0 unspecified atom stereocenters. The van der Waals surface area contributed by atoms with Crippen LogP contribution in [-0.4, -0.2) is 24.3 Å². The summed E-state index contributed by atoms with van der Waals surface area (Å²) < 4.78 is 4.57. The lowest BCUT2D eigenvalue weighted by Gasteiger charge is -1.98. The molecular weight excluding hydrogens is 228 g/mol. The Bertz CT molecular complexity index is 548. The molecule has 0 spiro atoms. The summed E-state index contributed by atoms with van der Waals surface area (Å²) in [6.07, 6.45) is 3.28. The predicted octanol–water partition coefficient (Wildman–Crippen LogP) is 2.62. The summed E-state index contributed by atoms with van der Waals surface area (Å²) in [4.78, 5) is 19.4. The molecule has 1 aromatic heterocycles. The van der Waals surface area contributed by atoms with E-state index in [1.807, 2.05) is 30.3 Å². The van der Waals surface area contributed by atoms with Gasteiger partial charge in [-0.15, -0.1) is 0 Å². The maximum absolute atomic E-state index is 11.2. The summed E-state index contributed by atoms with van der Waals surface area (Å²) in [5.41, 5.74) is 1.97. The standard InChI is InChI=1S/C14H12N2O2/c1-18-14(17)13-8-7-12(10-16-13)15-9-11-5-3-2-4-6-11/h2-10H,1H3. The van der Waals surface area contributed by atoms with Crippen molar-refractivity contribution < 1.29 is 9.53 Å². The molecule has 2 rings (SSSR count). The summed E-state index contributed by atoms with van der Waals surface area (Å²) in [5.74, 6) is -0.450. The van der Waals surface area contributed by atoms with Gasteiger partial charge in [0, 0.05) is 6.21 Å². The fourth-order valence-electron chi connectivity index (χ4n) is 1.38. The van der Waals surface area contributed by atoms with Crippen molar-refractivity contribution in [2.24, 2.45) is 4.99 Å². The number of methoxy groups -OCH3 is 1. The highest BCUT2D eigenvalue weighted by atomic mass is 16.5. The lowest BCUT2D eigenvalue weighted by atomic mass is 10.2. The number of ether oxygens (including phenoxy) is 1. The highest BCUT2D eigenvalue weighted by molar-refractivity contribution is 5.87. The van der Waals surface area contributed by atoms with Gasteiger partial charge in [0.2, 0.25) is 0 Å². The van der Waals surface area contributed by atoms with E-state index in [1.165, 1.54) is 13.3 Å². The Morgan fingerprint density at radius 2 is 2.00 bits per heavy atom. The number of carbonyl (C=O) groups excluding carboxylic acids is 1. The second kappa shape index (κ2) is 5.72. The van der Waals surface area contributed by atoms with Gasteiger partial charge in [0.15, 0.2) is 0 Å². The number of hydrogen-bond acceptors (Lipinski definition) is 4. The largest absolute Gasteiger partial charge is 0.464 e. The lowest BCUT2D eigenvalue weighted by molar-refractivity contribution is 0.0594. The van der Waals surface area contributed by atoms with Gasteiger partial charge in [-0.2, -0.15) is 0 Å². The second-order valence-electron chi connectivity index (χ2n) is 3.56. The Labute approximate surface area is 105 Å². The molecule has 0 aliphatic rings. The number of nitrogens with zero attached hydrogens (tertiary/aromatic N) is 2. The summed E-state index contributed by atoms with van der Waals surface area (Å²) in [6, 6.07) is 13.1. The average molecular weight is 240 g/mol. The predicted molar refractivity (Wildman–Crippen MR) is 69.3 cm³/mol. The van der Waals surface area contributed by atoms with Crippen LogP contribution in [0.1, 0.15) is 16.1 Å². The fraction of sp³-hybridized carbons (Fsp3) is 0.0714. The summed E-state index contributed by atoms with van der Waals surface area (Å²) in [7, 11) is 1.32. The van der Waals surface area contributed by atoms with Crippen LogP contribution in [0.5, 0.6) is 0 Å². The molecule has 0 radical (unpaired) electrons. The molecule has 0 aliphatic carbocycles. The molecule has 1 aromatic carbocycles. The minimum atomic E-state index is -0.450. The van der Waals surface area contributed by atoms with Crippen molar-refractivity contribution in [3.8, 4) is 0 Å². The van der Waals surface area contributed by atoms with Crippen LogP contribution in [0.2, 0.25) is 0 Å². The average Bonchev–Trinajstić information content (AvgIpc) is 2.46. The quantitative estimate of drug-likeness (QED) is 0.612. The Hall–Kier alpha value is -2.49. The van der Waals surface area contributed by atoms with E-state index in [-0.39, 0.29) is 5.69 Å². The number of pyridine rings is 1. The molecule has 0 N–H and O–H groups in total. The third-order valence-corrected chi connectivity index (χ3v) is 2.30. The first kappa shape index (κ1) is 12.0. The Morgan fingerprint density at radius 3 is 2.61 bits per heavy atom. The highest BCUT2D eigenvalue weighted by Crippen LogP contribution is 2.11. The van der Waals surface area contributed by atoms with E-state index in [9.17, 15) is 4.79 Å². The maximum atomic E-state index is 11.2. The van der Waals surface area contributed by atoms with E-state index in [1.54, 1.807) is 18.3 Å². The van der Waals surface area contributed by atoms with E-state index in [2.05, 4.69) is 14.7 Å². The molecule has 0 saturated heterocycles. The third kappa shape index (κ3) is 3.01. The topological polar surface area (TPSA) is 51.5 Å². The fourth-order valence-corrected chi connectivity index (χ4v) is 1.38. The molecule has 0 saturated carbocycles. The number of rotatable bonds is 3. The number of hydrogen-bond donors (Lipinski definition) is 0. The first-order valence-electron chi connectivity index (χ1n) is 5.43. The first-order valence-corrected chi connectivity index (χ1v) is 5.43. The molecule has 1 heterocycles. The van der Waals surface area contributed by atoms with Crippen molar-refractivity contribution in [2.45, 2.75) is 0 Å². The van der Waals surface area contributed by atoms with Gasteiger partial charge < -0.3 is 4.74 Å². The van der Waals surface area contributed by atoms with E-state index in [4.69, 9.17) is 0 Å². The summed E-state index contributed by atoms with van der Waals surface area (Å²) >= 11 is 0. The summed E-state index contributed by atoms with van der Waals surface area (Å²) in [6.45, 7) is 0. The number of benzene rings is 1. The zero-order valence-corrected chi connectivity index (χ0v) is 9.91. The SMILES string of the molecule is COC(=O)c1ccc(N=Cc2ccccc2)cn1. The van der Waals surface area contributed by atoms with Crippen LogP contribution in [0.4, 0.5) is 5.69 Å². The molecule has 0 aliphatic heterocycles. The zero-order valence-electron chi connectivity index (χ0n) is 9.91. The van der Waals surface area contributed by atoms with Gasteiger partial charge >= 0.3 is 5.97 Å². The van der Waals surface area contributed by atoms with Crippen molar-refractivity contribution in [1.82, 2.24) is 4.98 Å². The van der Waals surface area contributed by atoms with Crippen molar-refractivity contribution in [1.29, 1.82) is 0 Å². The van der Waals surface area contributed by atoms with Crippen molar-refractivity contribution in [2.75, 3.05) is 7.11 Å². The number of esters is 1. The molecule has 4 heteroatoms. The maximum Gasteiger partial charge on any atom is 0.356 e. The highest BCUT2D eigenvalue weighted by Gasteiger charge is 2.05. The Balaban J connectivity index is 2.11. The van der Waals surface area contributed by atoms with Crippen LogP contribution in [0.15, 0.2) is 53.7 Å². The van der Waals surface area contributed by atoms with E-state index >= 15 is 0 Å². The molecular formula is C14H12N2O2. The molecule has 2 aromatic rings. The summed E-state index contributed by atoms with van der Waals surface area (Å²) in [5, 5.41) is 0. The smallest absolute Gasteiger partial charge is 0.356 e. The van der Waals surface area contributed by atoms with Crippen LogP contribution >= 0.6 is 0 Å². The molecule has 0 fully saturated rings. The van der Waals surface area contributed by atoms with Crippen LogP contribution < -0.4 is 0 Å². The monoisotopic (exact) mass is 240 g/mol. The molecule has 0 amide bonds. The molecule has 4 nitrogen and oxygen atoms in total. The Kier molecular flexibility index (Phi) is 3.81. The Morgan fingerprint density at radius 1 is 1.22 bits per heavy atom. The van der Waals surface area contributed by atoms with E-state index < -0.39 is 5.97 Å². The minimum Gasteiger partial charge on any atom is -0.464 e. The number of carbonyl (C=O) groups is 1. The second-order valence-corrected chi connectivity index (χ2v) is 3.56. The van der Waals surface area contributed by atoms with E-state index in [0.29, 0.717) is 5.69 Å². The van der Waals surface area contributed by atoms with Crippen molar-refractivity contribution >= 4 is 17.9 Å². The van der Waals surface area contributed by atoms with Gasteiger partial charge in [-0.05, 0) is 17.7 Å². The van der Waals surface area contributed by atoms with Gasteiger partial charge in [-0.25, -0.2) is 9.78 Å².